The molecule has 8 heteroatoms. The molecule has 0 fully saturated rings. The number of carbonyl (C=O) groups is 1. The van der Waals surface area contributed by atoms with E-state index < -0.39 is 0 Å². The van der Waals surface area contributed by atoms with Crippen molar-refractivity contribution in [3.63, 3.8) is 0 Å². The van der Waals surface area contributed by atoms with E-state index in [1.165, 1.54) is 11.3 Å². The number of benzene rings is 1. The maximum absolute atomic E-state index is 12.0. The molecule has 0 aliphatic heterocycles. The molecule has 0 aliphatic rings. The van der Waals surface area contributed by atoms with Crippen molar-refractivity contribution in [3.8, 4) is 0 Å². The van der Waals surface area contributed by atoms with Crippen LogP contribution in [0, 0.1) is 0 Å². The number of aromatic nitrogens is 3. The molecule has 0 unspecified atom stereocenters. The van der Waals surface area contributed by atoms with E-state index in [0.717, 1.165) is 5.56 Å². The SMILES string of the molecule is O=C(Cc1csc(Nc2ncccn2)n1)NCc1ccc(Cl)cc1. The van der Waals surface area contributed by atoms with Gasteiger partial charge < -0.3 is 10.6 Å². The summed E-state index contributed by atoms with van der Waals surface area (Å²) in [5.41, 5.74) is 1.70. The Hall–Kier alpha value is -2.51. The first-order chi connectivity index (χ1) is 11.7. The van der Waals surface area contributed by atoms with Crippen molar-refractivity contribution in [1.29, 1.82) is 0 Å². The summed E-state index contributed by atoms with van der Waals surface area (Å²) in [6.07, 6.45) is 3.52. The van der Waals surface area contributed by atoms with E-state index in [-0.39, 0.29) is 12.3 Å². The molecule has 2 heterocycles. The predicted molar refractivity (Wildman–Crippen MR) is 94.4 cm³/mol. The average Bonchev–Trinajstić information content (AvgIpc) is 3.02. The van der Waals surface area contributed by atoms with Gasteiger partial charge in [-0.25, -0.2) is 15.0 Å². The Bertz CT molecular complexity index is 807. The first-order valence-electron chi connectivity index (χ1n) is 7.18. The van der Waals surface area contributed by atoms with Gasteiger partial charge >= 0.3 is 0 Å². The molecular weight excluding hydrogens is 346 g/mol. The second-order valence-corrected chi connectivity index (χ2v) is 6.22. The summed E-state index contributed by atoms with van der Waals surface area (Å²) in [5, 5.41) is 9.04. The second-order valence-electron chi connectivity index (χ2n) is 4.92. The van der Waals surface area contributed by atoms with Crippen LogP contribution in [0.15, 0.2) is 48.1 Å². The van der Waals surface area contributed by atoms with E-state index in [9.17, 15) is 4.79 Å². The Morgan fingerprint density at radius 1 is 1.17 bits per heavy atom. The quantitative estimate of drug-likeness (QED) is 0.706. The van der Waals surface area contributed by atoms with Crippen LogP contribution in [0.4, 0.5) is 11.1 Å². The van der Waals surface area contributed by atoms with E-state index in [1.54, 1.807) is 30.6 Å². The first-order valence-corrected chi connectivity index (χ1v) is 8.44. The van der Waals surface area contributed by atoms with Crippen LogP contribution in [0.2, 0.25) is 5.02 Å². The Morgan fingerprint density at radius 3 is 2.67 bits per heavy atom. The van der Waals surface area contributed by atoms with E-state index in [2.05, 4.69) is 25.6 Å². The van der Waals surface area contributed by atoms with E-state index >= 15 is 0 Å². The Kier molecular flexibility index (Phi) is 5.35. The summed E-state index contributed by atoms with van der Waals surface area (Å²) in [7, 11) is 0. The average molecular weight is 360 g/mol. The molecule has 3 aromatic rings. The standard InChI is InChI=1S/C16H14ClN5OS/c17-12-4-2-11(3-5-12)9-20-14(23)8-13-10-24-16(21-13)22-15-18-6-1-7-19-15/h1-7,10H,8-9H2,(H,20,23)(H,18,19,21,22). The van der Waals surface area contributed by atoms with Gasteiger partial charge in [-0.2, -0.15) is 0 Å². The summed E-state index contributed by atoms with van der Waals surface area (Å²) >= 11 is 7.24. The molecule has 0 atom stereocenters. The number of rotatable bonds is 6. The van der Waals surface area contributed by atoms with Gasteiger partial charge in [0, 0.05) is 29.3 Å². The highest BCUT2D eigenvalue weighted by Gasteiger charge is 2.08. The van der Waals surface area contributed by atoms with Gasteiger partial charge in [0.25, 0.3) is 0 Å². The van der Waals surface area contributed by atoms with Crippen LogP contribution in [0.5, 0.6) is 0 Å². The van der Waals surface area contributed by atoms with Gasteiger partial charge in [-0.15, -0.1) is 11.3 Å². The number of nitrogens with zero attached hydrogens (tertiary/aromatic N) is 3. The van der Waals surface area contributed by atoms with Crippen LogP contribution in [0.3, 0.4) is 0 Å². The highest BCUT2D eigenvalue weighted by molar-refractivity contribution is 7.13. The lowest BCUT2D eigenvalue weighted by Crippen LogP contribution is -2.24. The van der Waals surface area contributed by atoms with E-state index in [0.29, 0.717) is 28.3 Å². The molecule has 2 N–H and O–H groups in total. The smallest absolute Gasteiger partial charge is 0.228 e. The zero-order valence-electron chi connectivity index (χ0n) is 12.6. The molecule has 0 spiro atoms. The van der Waals surface area contributed by atoms with Gasteiger partial charge in [0.1, 0.15) is 0 Å². The molecule has 6 nitrogen and oxygen atoms in total. The maximum Gasteiger partial charge on any atom is 0.228 e. The third-order valence-corrected chi connectivity index (χ3v) is 4.14. The molecule has 2 aromatic heterocycles. The van der Waals surface area contributed by atoms with Crippen LogP contribution >= 0.6 is 22.9 Å². The fourth-order valence-corrected chi connectivity index (χ4v) is 2.76. The number of hydrogen-bond donors (Lipinski definition) is 2. The van der Waals surface area contributed by atoms with Crippen LogP contribution in [0.25, 0.3) is 0 Å². The maximum atomic E-state index is 12.0. The number of carbonyl (C=O) groups excluding carboxylic acids is 1. The summed E-state index contributed by atoms with van der Waals surface area (Å²) < 4.78 is 0. The van der Waals surface area contributed by atoms with E-state index in [1.807, 2.05) is 17.5 Å². The van der Waals surface area contributed by atoms with Crippen LogP contribution in [0.1, 0.15) is 11.3 Å². The first kappa shape index (κ1) is 16.4. The zero-order valence-corrected chi connectivity index (χ0v) is 14.1. The molecular formula is C16H14ClN5OS. The third kappa shape index (κ3) is 4.74. The Morgan fingerprint density at radius 2 is 1.92 bits per heavy atom. The summed E-state index contributed by atoms with van der Waals surface area (Å²) in [5.74, 6) is 0.392. The predicted octanol–water partition coefficient (Wildman–Crippen LogP) is 3.19. The summed E-state index contributed by atoms with van der Waals surface area (Å²) in [6, 6.07) is 9.10. The number of thiazole rings is 1. The lowest BCUT2D eigenvalue weighted by atomic mass is 10.2. The molecule has 0 aliphatic carbocycles. The van der Waals surface area contributed by atoms with Crippen molar-refractivity contribution >= 4 is 39.9 Å². The highest BCUT2D eigenvalue weighted by Crippen LogP contribution is 2.18. The zero-order chi connectivity index (χ0) is 16.8. The van der Waals surface area contributed by atoms with Crippen molar-refractivity contribution in [2.24, 2.45) is 0 Å². The fraction of sp³-hybridized carbons (Fsp3) is 0.125. The van der Waals surface area contributed by atoms with Gasteiger partial charge in [-0.3, -0.25) is 4.79 Å². The molecule has 0 saturated carbocycles. The highest BCUT2D eigenvalue weighted by atomic mass is 35.5. The van der Waals surface area contributed by atoms with Gasteiger partial charge in [0.15, 0.2) is 5.13 Å². The van der Waals surface area contributed by atoms with Crippen molar-refractivity contribution in [1.82, 2.24) is 20.3 Å². The molecule has 24 heavy (non-hydrogen) atoms. The van der Waals surface area contributed by atoms with Gasteiger partial charge in [0.2, 0.25) is 11.9 Å². The summed E-state index contributed by atoms with van der Waals surface area (Å²) in [6.45, 7) is 0.461. The monoisotopic (exact) mass is 359 g/mol. The number of anilines is 2. The molecule has 1 aromatic carbocycles. The van der Waals surface area contributed by atoms with Crippen molar-refractivity contribution in [2.75, 3.05) is 5.32 Å². The summed E-state index contributed by atoms with van der Waals surface area (Å²) in [4.78, 5) is 24.5. The van der Waals surface area contributed by atoms with Crippen LogP contribution < -0.4 is 10.6 Å². The lowest BCUT2D eigenvalue weighted by Gasteiger charge is -2.04. The third-order valence-electron chi connectivity index (χ3n) is 3.08. The van der Waals surface area contributed by atoms with Gasteiger partial charge in [-0.05, 0) is 23.8 Å². The number of amides is 1. The number of halogens is 1. The van der Waals surface area contributed by atoms with Crippen LogP contribution in [-0.2, 0) is 17.8 Å². The topological polar surface area (TPSA) is 79.8 Å². The minimum absolute atomic E-state index is 0.0854. The van der Waals surface area contributed by atoms with Gasteiger partial charge in [-0.1, -0.05) is 23.7 Å². The molecule has 122 valence electrons. The molecule has 0 saturated heterocycles. The molecule has 0 bridgehead atoms. The minimum atomic E-state index is -0.0854. The molecule has 3 rings (SSSR count). The number of hydrogen-bond acceptors (Lipinski definition) is 6. The van der Waals surface area contributed by atoms with Crippen molar-refractivity contribution in [2.45, 2.75) is 13.0 Å². The van der Waals surface area contributed by atoms with Crippen molar-refractivity contribution < 1.29 is 4.79 Å². The lowest BCUT2D eigenvalue weighted by molar-refractivity contribution is -0.120. The molecule has 1 amide bonds. The fourth-order valence-electron chi connectivity index (χ4n) is 1.93. The Labute approximate surface area is 148 Å². The normalized spacial score (nSPS) is 10.4. The number of nitrogens with one attached hydrogen (secondary N) is 2. The van der Waals surface area contributed by atoms with Gasteiger partial charge in [0.05, 0.1) is 12.1 Å². The largest absolute Gasteiger partial charge is 0.352 e. The van der Waals surface area contributed by atoms with Crippen LogP contribution in [-0.4, -0.2) is 20.9 Å². The second kappa shape index (κ2) is 7.85. The van der Waals surface area contributed by atoms with Crippen molar-refractivity contribution in [3.05, 3.63) is 64.4 Å². The Balaban J connectivity index is 1.50. The van der Waals surface area contributed by atoms with E-state index in [4.69, 9.17) is 11.6 Å². The minimum Gasteiger partial charge on any atom is -0.352 e. The molecule has 0 radical (unpaired) electrons.